The average Bonchev–Trinajstić information content (AvgIpc) is 2.49. The molecule has 0 bridgehead atoms. The molecule has 0 rings (SSSR count). The second kappa shape index (κ2) is 12.4. The normalized spacial score (nSPS) is 20.7. The van der Waals surface area contributed by atoms with Gasteiger partial charge < -0.3 is 4.55 Å². The second-order valence-corrected chi connectivity index (χ2v) is 6.61. The molecule has 0 fully saturated rings. The Morgan fingerprint density at radius 1 is 0.720 bits per heavy atom. The van der Waals surface area contributed by atoms with Crippen LogP contribution >= 0.6 is 0 Å². The van der Waals surface area contributed by atoms with Crippen LogP contribution in [0.25, 0.3) is 0 Å². The Kier molecular flexibility index (Phi) is 13.4. The fourth-order valence-electron chi connectivity index (χ4n) is 1.81. The maximum absolute atomic E-state index is 13.4. The van der Waals surface area contributed by atoms with Gasteiger partial charge in [0.1, 0.15) is 12.3 Å². The van der Waals surface area contributed by atoms with Crippen LogP contribution in [0, 0.1) is 0 Å². The van der Waals surface area contributed by atoms with E-state index in [1.165, 1.54) is 0 Å². The summed E-state index contributed by atoms with van der Waals surface area (Å²) in [4.78, 5) is 0. The van der Waals surface area contributed by atoms with Crippen LogP contribution in [0.15, 0.2) is 0 Å². The predicted octanol–water partition coefficient (Wildman–Crippen LogP) is 0.0421. The topological polar surface area (TPSA) is 57.2 Å². The van der Waals surface area contributed by atoms with E-state index in [1.807, 2.05) is 0 Å². The van der Waals surface area contributed by atoms with E-state index < -0.39 is 72.2 Å². The maximum atomic E-state index is 13.4. The Hall–Kier alpha value is -0.0526. The van der Waals surface area contributed by atoms with Crippen molar-refractivity contribution >= 4 is 10.1 Å². The van der Waals surface area contributed by atoms with Crippen molar-refractivity contribution in [2.45, 2.75) is 62.5 Å². The third kappa shape index (κ3) is 10.0. The molecule has 0 spiro atoms. The molecule has 0 radical (unpaired) electrons. The summed E-state index contributed by atoms with van der Waals surface area (Å²) in [5, 5.41) is 0. The molecule has 7 unspecified atom stereocenters. The van der Waals surface area contributed by atoms with Gasteiger partial charge in [0.15, 0.2) is 30.9 Å². The first-order chi connectivity index (χ1) is 10.9. The predicted molar refractivity (Wildman–Crippen MR) is 68.7 cm³/mol. The Labute approximate surface area is 152 Å². The molecule has 0 heterocycles. The fraction of sp³-hybridized carbons (Fsp3) is 1.00. The van der Waals surface area contributed by atoms with Gasteiger partial charge in [-0.25, -0.2) is 39.2 Å². The van der Waals surface area contributed by atoms with Gasteiger partial charge in [0.25, 0.3) is 0 Å². The van der Waals surface area contributed by atoms with Gasteiger partial charge in [0.05, 0.1) is 22.5 Å². The molecule has 0 aliphatic rings. The molecule has 7 atom stereocenters. The summed E-state index contributed by atoms with van der Waals surface area (Å²) in [6, 6.07) is 0. The number of halogens is 8. The summed E-state index contributed by atoms with van der Waals surface area (Å²) in [5.74, 6) is -2.02. The van der Waals surface area contributed by atoms with Crippen LogP contribution in [-0.2, 0) is 10.1 Å². The Morgan fingerprint density at radius 2 is 1.12 bits per heavy atom. The van der Waals surface area contributed by atoms with Gasteiger partial charge in [-0.05, 0) is 19.3 Å². The minimum absolute atomic E-state index is 0. The van der Waals surface area contributed by atoms with E-state index in [4.69, 9.17) is 0 Å². The SMILES string of the molecule is O=S(=O)([O-])CC(F)C(F)C(F)C(F)C(F)C(F)C(F)CCCCF.[Li+]. The molecular formula is C12H17F8LiO3S. The summed E-state index contributed by atoms with van der Waals surface area (Å²) in [6.07, 6.45) is -24.5. The molecule has 13 heteroatoms. The molecule has 0 aromatic carbocycles. The van der Waals surface area contributed by atoms with Gasteiger partial charge in [0, 0.05) is 0 Å². The zero-order valence-electron chi connectivity index (χ0n) is 13.2. The van der Waals surface area contributed by atoms with Gasteiger partial charge >= 0.3 is 18.9 Å². The number of hydrogen-bond donors (Lipinski definition) is 0. The van der Waals surface area contributed by atoms with E-state index in [9.17, 15) is 48.1 Å². The summed E-state index contributed by atoms with van der Waals surface area (Å²) in [5.41, 5.74) is 0. The second-order valence-electron chi connectivity index (χ2n) is 5.16. The monoisotopic (exact) mass is 400 g/mol. The molecule has 0 saturated carbocycles. The van der Waals surface area contributed by atoms with Crippen molar-refractivity contribution in [2.24, 2.45) is 0 Å². The number of rotatable bonds is 12. The molecule has 0 aliphatic heterocycles. The molecule has 146 valence electrons. The molecular weight excluding hydrogens is 383 g/mol. The van der Waals surface area contributed by atoms with E-state index in [0.717, 1.165) is 0 Å². The third-order valence-corrected chi connectivity index (χ3v) is 3.86. The maximum Gasteiger partial charge on any atom is 1.00 e. The van der Waals surface area contributed by atoms with Crippen molar-refractivity contribution in [3.05, 3.63) is 0 Å². The van der Waals surface area contributed by atoms with Gasteiger partial charge in [0.2, 0.25) is 0 Å². The molecule has 0 aromatic heterocycles. The minimum atomic E-state index is -5.30. The van der Waals surface area contributed by atoms with Gasteiger partial charge in [-0.2, -0.15) is 0 Å². The van der Waals surface area contributed by atoms with Gasteiger partial charge in [-0.1, -0.05) is 0 Å². The van der Waals surface area contributed by atoms with Gasteiger partial charge in [-0.3, -0.25) is 4.39 Å². The van der Waals surface area contributed by atoms with Gasteiger partial charge in [-0.15, -0.1) is 0 Å². The van der Waals surface area contributed by atoms with Crippen LogP contribution in [0.5, 0.6) is 0 Å². The summed E-state index contributed by atoms with van der Waals surface area (Å²) in [7, 11) is -5.30. The van der Waals surface area contributed by atoms with E-state index in [1.54, 1.807) is 0 Å². The van der Waals surface area contributed by atoms with E-state index in [0.29, 0.717) is 0 Å². The summed E-state index contributed by atoms with van der Waals surface area (Å²) in [6.45, 7) is -0.842. The first kappa shape index (κ1) is 27.2. The first-order valence-corrected chi connectivity index (χ1v) is 8.48. The van der Waals surface area contributed by atoms with Crippen molar-refractivity contribution in [1.29, 1.82) is 0 Å². The van der Waals surface area contributed by atoms with E-state index in [2.05, 4.69) is 0 Å². The van der Waals surface area contributed by atoms with Crippen LogP contribution in [0.4, 0.5) is 35.1 Å². The standard InChI is InChI=1S/C12H18F8O3S.Li/c13-4-2-1-3-6(14)8(16)10(18)12(20)11(19)9(17)7(15)5-24(21,22)23;/h6-12H,1-5H2,(H,21,22,23);/q;+1/p-1. The van der Waals surface area contributed by atoms with E-state index >= 15 is 0 Å². The molecule has 0 aromatic rings. The van der Waals surface area contributed by atoms with Crippen LogP contribution in [-0.4, -0.2) is 68.6 Å². The first-order valence-electron chi connectivity index (χ1n) is 6.90. The largest absolute Gasteiger partial charge is 1.00 e. The zero-order chi connectivity index (χ0) is 19.1. The van der Waals surface area contributed by atoms with Crippen molar-refractivity contribution < 1.29 is 67.0 Å². The van der Waals surface area contributed by atoms with Crippen LogP contribution in [0.1, 0.15) is 19.3 Å². The minimum Gasteiger partial charge on any atom is -0.748 e. The molecule has 0 N–H and O–H groups in total. The van der Waals surface area contributed by atoms with Crippen LogP contribution in [0.2, 0.25) is 0 Å². The number of alkyl halides is 8. The molecule has 25 heavy (non-hydrogen) atoms. The molecule has 3 nitrogen and oxygen atoms in total. The Morgan fingerprint density at radius 3 is 1.52 bits per heavy atom. The van der Waals surface area contributed by atoms with E-state index in [-0.39, 0.29) is 31.7 Å². The number of unbranched alkanes of at least 4 members (excludes halogenated alkanes) is 1. The average molecular weight is 400 g/mol. The molecule has 0 amide bonds. The summed E-state index contributed by atoms with van der Waals surface area (Å²) >= 11 is 0. The Bertz CT molecular complexity index is 458. The molecule has 0 saturated heterocycles. The van der Waals surface area contributed by atoms with Crippen molar-refractivity contribution in [3.63, 3.8) is 0 Å². The number of hydrogen-bond acceptors (Lipinski definition) is 3. The quantitative estimate of drug-likeness (QED) is 0.201. The van der Waals surface area contributed by atoms with Crippen molar-refractivity contribution in [1.82, 2.24) is 0 Å². The fourth-order valence-corrected chi connectivity index (χ4v) is 2.38. The Balaban J connectivity index is 0. The van der Waals surface area contributed by atoms with Crippen LogP contribution in [0.3, 0.4) is 0 Å². The summed E-state index contributed by atoms with van der Waals surface area (Å²) < 4.78 is 135. The third-order valence-electron chi connectivity index (χ3n) is 3.13. The van der Waals surface area contributed by atoms with Crippen molar-refractivity contribution in [2.75, 3.05) is 12.4 Å². The van der Waals surface area contributed by atoms with Crippen LogP contribution < -0.4 is 18.9 Å². The van der Waals surface area contributed by atoms with Crippen molar-refractivity contribution in [3.8, 4) is 0 Å². The smallest absolute Gasteiger partial charge is 0.748 e. The zero-order valence-corrected chi connectivity index (χ0v) is 14.1. The molecule has 0 aliphatic carbocycles.